The number of alkyl carbamates (subject to hydrolysis) is 1. The highest BCUT2D eigenvalue weighted by molar-refractivity contribution is 5.81. The van der Waals surface area contributed by atoms with Crippen LogP contribution in [0.4, 0.5) is 21.9 Å². The normalized spacial score (nSPS) is 14.8. The number of fused-ring (bicyclic) bond motifs is 3. The van der Waals surface area contributed by atoms with Crippen molar-refractivity contribution >= 4 is 29.1 Å². The van der Waals surface area contributed by atoms with Gasteiger partial charge in [0.1, 0.15) is 18.3 Å². The molecule has 12 nitrogen and oxygen atoms in total. The highest BCUT2D eigenvalue weighted by Crippen LogP contribution is 2.44. The van der Waals surface area contributed by atoms with Crippen molar-refractivity contribution in [2.45, 2.75) is 12.0 Å². The van der Waals surface area contributed by atoms with Crippen LogP contribution < -0.4 is 21.1 Å². The van der Waals surface area contributed by atoms with Gasteiger partial charge in [-0.3, -0.25) is 0 Å². The Balaban J connectivity index is 1.40. The zero-order valence-corrected chi connectivity index (χ0v) is 18.8. The Bertz CT molecular complexity index is 1220. The highest BCUT2D eigenvalue weighted by atomic mass is 16.8. The second kappa shape index (κ2) is 10.7. The average molecular weight is 496 g/mol. The molecule has 0 aliphatic heterocycles. The van der Waals surface area contributed by atoms with Gasteiger partial charge in [-0.05, 0) is 28.3 Å². The standard InChI is InChI=1S/C24H24N4O8/c29-23(30)21(12-25-20-10-9-14(27(32)33)11-22(20)28(34)35)26-24(31)36-13-19-17-7-3-1-5-15(17)16-6-2-4-8-18(16)19/h1-11,19,21,25,27-28,32,34H,12-13H2,(H,26,31)(H,29,30)/t21-/m0/s1. The first-order valence-corrected chi connectivity index (χ1v) is 10.9. The van der Waals surface area contributed by atoms with E-state index in [1.54, 1.807) is 0 Å². The largest absolute Gasteiger partial charge is 0.595 e. The summed E-state index contributed by atoms with van der Waals surface area (Å²) in [6.45, 7) is -0.369. The van der Waals surface area contributed by atoms with E-state index < -0.39 is 28.6 Å². The number of amides is 1. The van der Waals surface area contributed by atoms with E-state index in [9.17, 15) is 30.3 Å². The minimum Gasteiger partial charge on any atom is -0.595 e. The minimum absolute atomic E-state index is 0.000555. The van der Waals surface area contributed by atoms with Crippen molar-refractivity contribution in [1.82, 2.24) is 5.32 Å². The van der Waals surface area contributed by atoms with Gasteiger partial charge in [0, 0.05) is 18.5 Å². The van der Waals surface area contributed by atoms with Crippen LogP contribution in [0.25, 0.3) is 11.1 Å². The van der Waals surface area contributed by atoms with Gasteiger partial charge in [-0.2, -0.15) is 10.5 Å². The van der Waals surface area contributed by atoms with Crippen LogP contribution in [-0.2, 0) is 9.53 Å². The van der Waals surface area contributed by atoms with E-state index >= 15 is 0 Å². The van der Waals surface area contributed by atoms with E-state index in [2.05, 4.69) is 10.6 Å². The quantitative estimate of drug-likeness (QED) is 0.212. The molecule has 3 aromatic rings. The third kappa shape index (κ3) is 5.28. The number of benzene rings is 3. The fourth-order valence-electron chi connectivity index (χ4n) is 4.20. The SMILES string of the molecule is O=C(N[C@@H](CNc1ccc([NH+]([O-])O)cc1[NH+]([O-])O)C(=O)O)OCC1c2ccccc2-c2ccccc21. The molecule has 0 aromatic heterocycles. The topological polar surface area (TPSA) is 183 Å². The second-order valence-corrected chi connectivity index (χ2v) is 8.11. The van der Waals surface area contributed by atoms with E-state index in [-0.39, 0.29) is 36.1 Å². The van der Waals surface area contributed by atoms with Gasteiger partial charge in [0.15, 0.2) is 11.4 Å². The lowest BCUT2D eigenvalue weighted by atomic mass is 9.98. The van der Waals surface area contributed by atoms with Crippen LogP contribution in [0.1, 0.15) is 17.0 Å². The molecular weight excluding hydrogens is 472 g/mol. The second-order valence-electron chi connectivity index (χ2n) is 8.11. The Morgan fingerprint density at radius 1 is 0.944 bits per heavy atom. The predicted molar refractivity (Wildman–Crippen MR) is 126 cm³/mol. The molecule has 0 radical (unpaired) electrons. The van der Waals surface area contributed by atoms with Crippen LogP contribution in [0.15, 0.2) is 66.7 Å². The molecule has 0 fully saturated rings. The molecule has 1 aliphatic rings. The number of hydrogen-bond donors (Lipinski definition) is 7. The Morgan fingerprint density at radius 2 is 1.56 bits per heavy atom. The summed E-state index contributed by atoms with van der Waals surface area (Å²) in [6.07, 6.45) is -0.939. The first kappa shape index (κ1) is 25.1. The lowest BCUT2D eigenvalue weighted by molar-refractivity contribution is -0.996. The summed E-state index contributed by atoms with van der Waals surface area (Å²) in [5, 5.41) is 52.8. The first-order valence-electron chi connectivity index (χ1n) is 10.9. The van der Waals surface area contributed by atoms with Gasteiger partial charge in [-0.25, -0.2) is 20.0 Å². The fourth-order valence-corrected chi connectivity index (χ4v) is 4.20. The van der Waals surface area contributed by atoms with Gasteiger partial charge < -0.3 is 30.9 Å². The third-order valence-corrected chi connectivity index (χ3v) is 5.93. The molecule has 3 atom stereocenters. The van der Waals surface area contributed by atoms with Crippen LogP contribution in [0.2, 0.25) is 0 Å². The molecule has 0 saturated carbocycles. The molecule has 7 N–H and O–H groups in total. The first-order chi connectivity index (χ1) is 17.3. The number of carbonyl (C=O) groups is 2. The lowest BCUT2D eigenvalue weighted by Crippen LogP contribution is -3.00. The van der Waals surface area contributed by atoms with Gasteiger partial charge in [0.25, 0.3) is 0 Å². The summed E-state index contributed by atoms with van der Waals surface area (Å²) in [6, 6.07) is 17.5. The summed E-state index contributed by atoms with van der Waals surface area (Å²) < 4.78 is 5.38. The van der Waals surface area contributed by atoms with Crippen molar-refractivity contribution in [3.05, 3.63) is 88.3 Å². The van der Waals surface area contributed by atoms with Gasteiger partial charge in [-0.1, -0.05) is 48.5 Å². The molecule has 0 spiro atoms. The molecule has 0 heterocycles. The van der Waals surface area contributed by atoms with Crippen LogP contribution in [-0.4, -0.2) is 46.8 Å². The Kier molecular flexibility index (Phi) is 7.45. The van der Waals surface area contributed by atoms with Crippen molar-refractivity contribution < 1.29 is 40.3 Å². The number of quaternary nitrogens is 2. The van der Waals surface area contributed by atoms with Crippen molar-refractivity contribution in [2.24, 2.45) is 0 Å². The van der Waals surface area contributed by atoms with Crippen LogP contribution in [0.5, 0.6) is 0 Å². The summed E-state index contributed by atoms with van der Waals surface area (Å²) >= 11 is 0. The van der Waals surface area contributed by atoms with E-state index in [0.717, 1.165) is 28.3 Å². The molecule has 1 aliphatic carbocycles. The van der Waals surface area contributed by atoms with Crippen LogP contribution in [0.3, 0.4) is 0 Å². The zero-order valence-electron chi connectivity index (χ0n) is 18.8. The van der Waals surface area contributed by atoms with Crippen molar-refractivity contribution in [3.63, 3.8) is 0 Å². The molecule has 3 aromatic carbocycles. The smallest absolute Gasteiger partial charge is 0.407 e. The van der Waals surface area contributed by atoms with E-state index in [4.69, 9.17) is 9.94 Å². The average Bonchev–Trinajstić information content (AvgIpc) is 3.18. The minimum atomic E-state index is -1.44. The molecule has 188 valence electrons. The lowest BCUT2D eigenvalue weighted by Gasteiger charge is -2.21. The number of aliphatic carboxylic acids is 1. The van der Waals surface area contributed by atoms with Crippen molar-refractivity contribution in [3.8, 4) is 11.1 Å². The van der Waals surface area contributed by atoms with Crippen molar-refractivity contribution in [2.75, 3.05) is 18.5 Å². The Labute approximate surface area is 205 Å². The Morgan fingerprint density at radius 3 is 2.11 bits per heavy atom. The highest BCUT2D eigenvalue weighted by Gasteiger charge is 2.30. The number of anilines is 1. The van der Waals surface area contributed by atoms with Gasteiger partial charge in [0.05, 0.1) is 6.07 Å². The summed E-state index contributed by atoms with van der Waals surface area (Å²) in [7, 11) is 0. The van der Waals surface area contributed by atoms with E-state index in [1.165, 1.54) is 12.1 Å². The van der Waals surface area contributed by atoms with Gasteiger partial charge >= 0.3 is 12.1 Å². The molecule has 0 saturated heterocycles. The number of carboxylic acid groups (broad SMARTS) is 1. The maximum Gasteiger partial charge on any atom is 0.407 e. The Hall–Kier alpha value is -4.04. The summed E-state index contributed by atoms with van der Waals surface area (Å²) in [4.78, 5) is 24.2. The molecule has 12 heteroatoms. The maximum absolute atomic E-state index is 12.5. The number of rotatable bonds is 9. The summed E-state index contributed by atoms with van der Waals surface area (Å²) in [5.74, 6) is -1.56. The molecule has 36 heavy (non-hydrogen) atoms. The number of carbonyl (C=O) groups excluding carboxylic acids is 1. The van der Waals surface area contributed by atoms with E-state index in [0.29, 0.717) is 0 Å². The maximum atomic E-state index is 12.5. The third-order valence-electron chi connectivity index (χ3n) is 5.93. The monoisotopic (exact) mass is 496 g/mol. The van der Waals surface area contributed by atoms with Gasteiger partial charge in [-0.15, -0.1) is 0 Å². The fraction of sp³-hybridized carbons (Fsp3) is 0.167. The molecular formula is C24H24N4O8. The zero-order chi connectivity index (χ0) is 25.8. The van der Waals surface area contributed by atoms with Crippen LogP contribution in [0, 0.1) is 10.4 Å². The van der Waals surface area contributed by atoms with Crippen molar-refractivity contribution in [1.29, 1.82) is 0 Å². The van der Waals surface area contributed by atoms with Crippen LogP contribution >= 0.6 is 0 Å². The number of hydrogen-bond acceptors (Lipinski definition) is 8. The number of nitrogens with one attached hydrogen (secondary N) is 4. The molecule has 1 amide bonds. The van der Waals surface area contributed by atoms with E-state index in [1.807, 2.05) is 48.5 Å². The molecule has 0 bridgehead atoms. The molecule has 2 unspecified atom stereocenters. The van der Waals surface area contributed by atoms with Gasteiger partial charge in [0.2, 0.25) is 0 Å². The molecule has 4 rings (SSSR count). The predicted octanol–water partition coefficient (Wildman–Crippen LogP) is 0.897. The number of carboxylic acids is 1. The summed E-state index contributed by atoms with van der Waals surface area (Å²) in [5.41, 5.74) is 3.55. The number of ether oxygens (including phenoxy) is 1.